The maximum absolute atomic E-state index is 10.9. The van der Waals surface area contributed by atoms with Crippen molar-refractivity contribution < 1.29 is 14.6 Å². The molecule has 206 valence electrons. The molecule has 4 aromatic rings. The molecule has 5 heterocycles. The number of nitrogens with zero attached hydrogens (tertiary/aromatic N) is 6. The van der Waals surface area contributed by atoms with E-state index in [0.717, 1.165) is 79.0 Å². The molecule has 3 aromatic heterocycles. The molecule has 2 saturated heterocycles. The van der Waals surface area contributed by atoms with Gasteiger partial charge in [0.25, 0.3) is 0 Å². The Hall–Kier alpha value is -3.31. The molecule has 6 rings (SSSR count). The number of anilines is 1. The van der Waals surface area contributed by atoms with Gasteiger partial charge in [-0.25, -0.2) is 14.4 Å². The normalized spacial score (nSPS) is 20.2. The number of hydrogen-bond donors (Lipinski definition) is 2. The minimum atomic E-state index is -0.958. The molecule has 2 fully saturated rings. The van der Waals surface area contributed by atoms with E-state index in [9.17, 15) is 5.11 Å². The van der Waals surface area contributed by atoms with Crippen LogP contribution in [-0.4, -0.2) is 66.2 Å². The van der Waals surface area contributed by atoms with E-state index in [2.05, 4.69) is 50.2 Å². The summed E-state index contributed by atoms with van der Waals surface area (Å²) in [6.45, 7) is 8.12. The molecule has 2 aliphatic heterocycles. The van der Waals surface area contributed by atoms with E-state index in [-0.39, 0.29) is 12.1 Å². The molecule has 2 unspecified atom stereocenters. The molecule has 3 N–H and O–H groups in total. The number of aliphatic hydroxyl groups is 1. The van der Waals surface area contributed by atoms with E-state index in [1.165, 1.54) is 6.33 Å². The minimum Gasteiger partial charge on any atom is -0.382 e. The average Bonchev–Trinajstić information content (AvgIpc) is 3.67. The summed E-state index contributed by atoms with van der Waals surface area (Å²) in [5.41, 5.74) is 11.8. The maximum Gasteiger partial charge on any atom is 0.217 e. The van der Waals surface area contributed by atoms with Crippen molar-refractivity contribution >= 4 is 11.3 Å². The van der Waals surface area contributed by atoms with Crippen LogP contribution in [-0.2, 0) is 9.47 Å². The summed E-state index contributed by atoms with van der Waals surface area (Å²) < 4.78 is 15.4. The van der Waals surface area contributed by atoms with E-state index in [0.29, 0.717) is 5.82 Å². The summed E-state index contributed by atoms with van der Waals surface area (Å²) in [5.74, 6) is 0.423. The van der Waals surface area contributed by atoms with E-state index < -0.39 is 12.0 Å². The van der Waals surface area contributed by atoms with E-state index in [4.69, 9.17) is 15.2 Å². The molecule has 10 heteroatoms. The van der Waals surface area contributed by atoms with Gasteiger partial charge in [0.05, 0.1) is 23.0 Å². The molecular formula is C29H37N7O3. The number of aliphatic hydroxyl groups excluding tert-OH is 1. The van der Waals surface area contributed by atoms with Gasteiger partial charge >= 0.3 is 0 Å². The van der Waals surface area contributed by atoms with Crippen LogP contribution in [0.4, 0.5) is 5.82 Å². The first kappa shape index (κ1) is 25.9. The lowest BCUT2D eigenvalue weighted by atomic mass is 10.0. The fourth-order valence-corrected chi connectivity index (χ4v) is 5.92. The van der Waals surface area contributed by atoms with Gasteiger partial charge in [-0.2, -0.15) is 10.2 Å². The van der Waals surface area contributed by atoms with E-state index >= 15 is 0 Å². The van der Waals surface area contributed by atoms with Crippen LogP contribution in [0.3, 0.4) is 0 Å². The van der Waals surface area contributed by atoms with Crippen LogP contribution in [0.1, 0.15) is 64.1 Å². The maximum atomic E-state index is 10.9. The zero-order chi connectivity index (χ0) is 27.1. The molecule has 0 bridgehead atoms. The predicted molar refractivity (Wildman–Crippen MR) is 149 cm³/mol. The van der Waals surface area contributed by atoms with Crippen LogP contribution in [0.2, 0.25) is 0 Å². The van der Waals surface area contributed by atoms with Crippen molar-refractivity contribution in [3.05, 3.63) is 54.5 Å². The number of nitrogen functional groups attached to an aromatic ring is 1. The average molecular weight is 532 g/mol. The van der Waals surface area contributed by atoms with Gasteiger partial charge in [0, 0.05) is 43.1 Å². The number of likely N-dealkylation sites (tertiary alicyclic amines) is 1. The Morgan fingerprint density at radius 2 is 1.90 bits per heavy atom. The van der Waals surface area contributed by atoms with Crippen LogP contribution in [0.15, 0.2) is 48.9 Å². The molecule has 0 radical (unpaired) electrons. The van der Waals surface area contributed by atoms with Crippen LogP contribution in [0.25, 0.3) is 28.0 Å². The monoisotopic (exact) mass is 531 g/mol. The first-order chi connectivity index (χ1) is 18.8. The molecular weight excluding hydrogens is 494 g/mol. The Bertz CT molecular complexity index is 1450. The highest BCUT2D eigenvalue weighted by atomic mass is 16.6. The lowest BCUT2D eigenvalue weighted by Gasteiger charge is -2.33. The Labute approximate surface area is 228 Å². The van der Waals surface area contributed by atoms with Gasteiger partial charge < -0.3 is 20.3 Å². The van der Waals surface area contributed by atoms with Crippen LogP contribution in [0.5, 0.6) is 0 Å². The fourth-order valence-electron chi connectivity index (χ4n) is 5.92. The van der Waals surface area contributed by atoms with Crippen molar-refractivity contribution in [1.82, 2.24) is 29.3 Å². The second-order valence-corrected chi connectivity index (χ2v) is 11.4. The number of hydrogen-bond acceptors (Lipinski definition) is 8. The topological polar surface area (TPSA) is 116 Å². The third-order valence-electron chi connectivity index (χ3n) is 7.67. The lowest BCUT2D eigenvalue weighted by Crippen LogP contribution is -2.41. The Morgan fingerprint density at radius 3 is 2.69 bits per heavy atom. The van der Waals surface area contributed by atoms with Crippen molar-refractivity contribution in [2.45, 2.75) is 70.6 Å². The number of ether oxygens (including phenoxy) is 2. The number of fused-ring (bicyclic) bond motifs is 1. The number of rotatable bonds is 6. The van der Waals surface area contributed by atoms with Crippen LogP contribution in [0, 0.1) is 0 Å². The summed E-state index contributed by atoms with van der Waals surface area (Å²) in [6, 6.07) is 13.0. The van der Waals surface area contributed by atoms with Gasteiger partial charge in [-0.1, -0.05) is 18.2 Å². The molecule has 1 aromatic carbocycles. The standard InChI is InChI=1S/C29H37N7O3/c1-29(2,3)39-28(37)34-13-5-8-23(34)19-6-4-7-20(16-19)25-17-22(26-27(30)31-18-33-36(25)26)24-9-12-32-35(24)21-10-14-38-15-11-21/h4,6-7,9,12,16-18,21,23,28,37H,5,8,10-11,13-15H2,1-3H3,(H2,30,31,33). The zero-order valence-electron chi connectivity index (χ0n) is 22.8. The van der Waals surface area contributed by atoms with Crippen molar-refractivity contribution in [2.24, 2.45) is 0 Å². The molecule has 0 amide bonds. The van der Waals surface area contributed by atoms with Crippen molar-refractivity contribution in [1.29, 1.82) is 0 Å². The summed E-state index contributed by atoms with van der Waals surface area (Å²) in [7, 11) is 0. The Kier molecular flexibility index (Phi) is 6.88. The van der Waals surface area contributed by atoms with Gasteiger partial charge in [0.1, 0.15) is 11.8 Å². The number of aromatic nitrogens is 5. The molecule has 2 aliphatic rings. The summed E-state index contributed by atoms with van der Waals surface area (Å²) in [5, 5.41) is 20.2. The molecule has 0 saturated carbocycles. The van der Waals surface area contributed by atoms with Crippen molar-refractivity contribution in [3.8, 4) is 22.5 Å². The minimum absolute atomic E-state index is 0.0580. The molecule has 0 aliphatic carbocycles. The fraction of sp³-hybridized carbons (Fsp3) is 0.483. The third-order valence-corrected chi connectivity index (χ3v) is 7.67. The van der Waals surface area contributed by atoms with Gasteiger partial charge in [0.15, 0.2) is 5.82 Å². The first-order valence-electron chi connectivity index (χ1n) is 13.8. The molecule has 2 atom stereocenters. The largest absolute Gasteiger partial charge is 0.382 e. The van der Waals surface area contributed by atoms with Crippen LogP contribution < -0.4 is 5.73 Å². The SMILES string of the molecule is CC(C)(C)OC(O)N1CCCC1c1cccc(-c2cc(-c3ccnn3C3CCOCC3)c3c(N)ncnn23)c1. The Balaban J connectivity index is 1.40. The van der Waals surface area contributed by atoms with Gasteiger partial charge in [-0.3, -0.25) is 4.68 Å². The third kappa shape index (κ3) is 5.05. The predicted octanol–water partition coefficient (Wildman–Crippen LogP) is 4.42. The second kappa shape index (κ2) is 10.3. The van der Waals surface area contributed by atoms with Gasteiger partial charge in [-0.15, -0.1) is 0 Å². The van der Waals surface area contributed by atoms with Crippen LogP contribution >= 0.6 is 0 Å². The molecule has 39 heavy (non-hydrogen) atoms. The highest BCUT2D eigenvalue weighted by Crippen LogP contribution is 2.39. The van der Waals surface area contributed by atoms with E-state index in [1.807, 2.05) is 42.4 Å². The van der Waals surface area contributed by atoms with Crippen molar-refractivity contribution in [3.63, 3.8) is 0 Å². The number of nitrogens with two attached hydrogens (primary N) is 1. The lowest BCUT2D eigenvalue weighted by molar-refractivity contribution is -0.242. The summed E-state index contributed by atoms with van der Waals surface area (Å²) in [4.78, 5) is 6.35. The van der Waals surface area contributed by atoms with Gasteiger partial charge in [-0.05, 0) is 70.2 Å². The molecule has 10 nitrogen and oxygen atoms in total. The van der Waals surface area contributed by atoms with Gasteiger partial charge in [0.2, 0.25) is 6.41 Å². The molecule has 0 spiro atoms. The highest BCUT2D eigenvalue weighted by Gasteiger charge is 2.34. The number of benzene rings is 1. The smallest absolute Gasteiger partial charge is 0.217 e. The highest BCUT2D eigenvalue weighted by molar-refractivity contribution is 5.90. The van der Waals surface area contributed by atoms with E-state index in [1.54, 1.807) is 0 Å². The second-order valence-electron chi connectivity index (χ2n) is 11.4. The van der Waals surface area contributed by atoms with Crippen molar-refractivity contribution in [2.75, 3.05) is 25.5 Å². The zero-order valence-corrected chi connectivity index (χ0v) is 22.8. The quantitative estimate of drug-likeness (QED) is 0.351. The first-order valence-corrected chi connectivity index (χ1v) is 13.8. The Morgan fingerprint density at radius 1 is 1.08 bits per heavy atom. The summed E-state index contributed by atoms with van der Waals surface area (Å²) >= 11 is 0. The summed E-state index contributed by atoms with van der Waals surface area (Å²) in [6.07, 6.45) is 6.17.